The van der Waals surface area contributed by atoms with Gasteiger partial charge in [-0.05, 0) is 91.7 Å². The zero-order chi connectivity index (χ0) is 19.8. The quantitative estimate of drug-likeness (QED) is 0.607. The first kappa shape index (κ1) is 19.3. The van der Waals surface area contributed by atoms with Crippen molar-refractivity contribution in [2.45, 2.75) is 57.2 Å². The Morgan fingerprint density at radius 3 is 2.14 bits per heavy atom. The van der Waals surface area contributed by atoms with Gasteiger partial charge in [0.25, 0.3) is 0 Å². The van der Waals surface area contributed by atoms with Crippen LogP contribution in [0.2, 0.25) is 5.02 Å². The molecule has 4 aliphatic carbocycles. The number of ether oxygens (including phenoxy) is 2. The highest BCUT2D eigenvalue weighted by molar-refractivity contribution is 6.30. The van der Waals surface area contributed by atoms with Crippen molar-refractivity contribution in [2.24, 2.45) is 17.8 Å². The first-order chi connectivity index (χ1) is 14.1. The number of benzene rings is 2. The Labute approximate surface area is 178 Å². The molecule has 6 rings (SSSR count). The number of hydrogen-bond acceptors (Lipinski definition) is 3. The smallest absolute Gasteiger partial charge is 0.161 e. The van der Waals surface area contributed by atoms with Gasteiger partial charge in [-0.2, -0.15) is 0 Å². The highest BCUT2D eigenvalue weighted by Crippen LogP contribution is 2.55. The molecule has 3 nitrogen and oxygen atoms in total. The van der Waals surface area contributed by atoms with E-state index in [0.717, 1.165) is 46.4 Å². The van der Waals surface area contributed by atoms with Crippen LogP contribution in [0.25, 0.3) is 0 Å². The molecule has 0 unspecified atom stereocenters. The molecule has 4 heteroatoms. The molecule has 4 bridgehead atoms. The Bertz CT molecular complexity index is 828. The Balaban J connectivity index is 1.23. The highest BCUT2D eigenvalue weighted by Gasteiger charge is 2.50. The fourth-order valence-corrected chi connectivity index (χ4v) is 6.43. The molecule has 0 heterocycles. The van der Waals surface area contributed by atoms with Gasteiger partial charge in [0.05, 0.1) is 7.11 Å². The van der Waals surface area contributed by atoms with Crippen LogP contribution in [-0.2, 0) is 13.2 Å². The maximum Gasteiger partial charge on any atom is 0.161 e. The summed E-state index contributed by atoms with van der Waals surface area (Å²) in [6, 6.07) is 14.0. The Hall–Kier alpha value is -1.71. The van der Waals surface area contributed by atoms with Gasteiger partial charge < -0.3 is 14.8 Å². The largest absolute Gasteiger partial charge is 0.493 e. The molecule has 0 saturated heterocycles. The third kappa shape index (κ3) is 4.13. The van der Waals surface area contributed by atoms with Crippen molar-refractivity contribution in [3.63, 3.8) is 0 Å². The number of nitrogens with one attached hydrogen (secondary N) is 1. The lowest BCUT2D eigenvalue weighted by Crippen LogP contribution is -2.58. The van der Waals surface area contributed by atoms with Crippen LogP contribution in [0, 0.1) is 17.8 Å². The predicted molar refractivity (Wildman–Crippen MR) is 117 cm³/mol. The summed E-state index contributed by atoms with van der Waals surface area (Å²) in [6.07, 6.45) is 8.56. The minimum absolute atomic E-state index is 0.381. The van der Waals surface area contributed by atoms with E-state index in [0.29, 0.717) is 12.1 Å². The molecule has 2 aromatic carbocycles. The molecule has 4 aliphatic rings. The van der Waals surface area contributed by atoms with Crippen LogP contribution in [0.1, 0.15) is 49.7 Å². The van der Waals surface area contributed by atoms with Crippen LogP contribution in [-0.4, -0.2) is 12.6 Å². The predicted octanol–water partition coefficient (Wildman–Crippen LogP) is 5.99. The van der Waals surface area contributed by atoms with Gasteiger partial charge in [0.15, 0.2) is 11.5 Å². The summed E-state index contributed by atoms with van der Waals surface area (Å²) in [5, 5.41) is 4.71. The second-order valence-electron chi connectivity index (χ2n) is 9.45. The minimum Gasteiger partial charge on any atom is -0.493 e. The molecular weight excluding hydrogens is 382 g/mol. The molecule has 1 N–H and O–H groups in total. The molecule has 0 atom stereocenters. The summed E-state index contributed by atoms with van der Waals surface area (Å²) in [5.41, 5.74) is 2.73. The van der Waals surface area contributed by atoms with Crippen LogP contribution in [0.15, 0.2) is 42.5 Å². The van der Waals surface area contributed by atoms with E-state index in [1.807, 2.05) is 30.3 Å². The van der Waals surface area contributed by atoms with Crippen LogP contribution in [0.4, 0.5) is 0 Å². The summed E-state index contributed by atoms with van der Waals surface area (Å²) < 4.78 is 11.6. The normalized spacial score (nSPS) is 29.8. The van der Waals surface area contributed by atoms with Crippen molar-refractivity contribution in [1.29, 1.82) is 0 Å². The van der Waals surface area contributed by atoms with E-state index in [9.17, 15) is 0 Å². The lowest BCUT2D eigenvalue weighted by molar-refractivity contribution is -0.0206. The fourth-order valence-electron chi connectivity index (χ4n) is 6.30. The monoisotopic (exact) mass is 411 g/mol. The average Bonchev–Trinajstić information content (AvgIpc) is 2.71. The zero-order valence-electron chi connectivity index (χ0n) is 17.1. The van der Waals surface area contributed by atoms with E-state index < -0.39 is 0 Å². The van der Waals surface area contributed by atoms with Crippen molar-refractivity contribution >= 4 is 11.6 Å². The van der Waals surface area contributed by atoms with Gasteiger partial charge in [0.2, 0.25) is 0 Å². The summed E-state index contributed by atoms with van der Waals surface area (Å²) in [5.74, 6) is 4.47. The van der Waals surface area contributed by atoms with Crippen LogP contribution < -0.4 is 14.8 Å². The maximum absolute atomic E-state index is 6.00. The molecule has 4 fully saturated rings. The van der Waals surface area contributed by atoms with Crippen molar-refractivity contribution in [1.82, 2.24) is 5.32 Å². The minimum atomic E-state index is 0.381. The van der Waals surface area contributed by atoms with Crippen molar-refractivity contribution in [3.05, 3.63) is 58.6 Å². The number of rotatable bonds is 7. The van der Waals surface area contributed by atoms with E-state index in [1.165, 1.54) is 44.1 Å². The van der Waals surface area contributed by atoms with E-state index >= 15 is 0 Å². The third-order valence-electron chi connectivity index (χ3n) is 7.24. The molecule has 0 radical (unpaired) electrons. The lowest BCUT2D eigenvalue weighted by Gasteiger charge is -2.57. The van der Waals surface area contributed by atoms with E-state index in [2.05, 4.69) is 17.4 Å². The van der Waals surface area contributed by atoms with Gasteiger partial charge in [-0.1, -0.05) is 29.8 Å². The fraction of sp³-hybridized carbons (Fsp3) is 0.520. The molecule has 0 aromatic heterocycles. The zero-order valence-corrected chi connectivity index (χ0v) is 17.9. The molecular formula is C25H30ClNO2. The Morgan fingerprint density at radius 2 is 1.52 bits per heavy atom. The highest BCUT2D eigenvalue weighted by atomic mass is 35.5. The number of hydrogen-bond donors (Lipinski definition) is 1. The van der Waals surface area contributed by atoms with Crippen LogP contribution in [0.5, 0.6) is 11.5 Å². The van der Waals surface area contributed by atoms with Crippen molar-refractivity contribution in [2.75, 3.05) is 7.11 Å². The first-order valence-electron chi connectivity index (χ1n) is 10.9. The maximum atomic E-state index is 6.00. The van der Waals surface area contributed by atoms with Crippen LogP contribution >= 0.6 is 11.6 Å². The molecule has 154 valence electrons. The Kier molecular flexibility index (Phi) is 5.21. The average molecular weight is 412 g/mol. The standard InChI is InChI=1S/C25H30ClNO2/c1-28-24-11-18(4-7-23(24)29-16-17-2-5-22(26)6-3-17)15-27-25-12-19-8-20(13-25)10-21(9-19)14-25/h2-7,11,19-21,27H,8-10,12-16H2,1H3. The third-order valence-corrected chi connectivity index (χ3v) is 7.49. The second kappa shape index (κ2) is 7.85. The van der Waals surface area contributed by atoms with Gasteiger partial charge in [0, 0.05) is 17.1 Å². The first-order valence-corrected chi connectivity index (χ1v) is 11.3. The van der Waals surface area contributed by atoms with Gasteiger partial charge in [0.1, 0.15) is 6.61 Å². The van der Waals surface area contributed by atoms with Gasteiger partial charge >= 0.3 is 0 Å². The Morgan fingerprint density at radius 1 is 0.897 bits per heavy atom. The molecule has 0 spiro atoms. The molecule has 4 saturated carbocycles. The number of methoxy groups -OCH3 is 1. The van der Waals surface area contributed by atoms with E-state index in [4.69, 9.17) is 21.1 Å². The topological polar surface area (TPSA) is 30.5 Å². The second-order valence-corrected chi connectivity index (χ2v) is 9.89. The summed E-state index contributed by atoms with van der Waals surface area (Å²) in [4.78, 5) is 0. The van der Waals surface area contributed by atoms with Crippen molar-refractivity contribution in [3.8, 4) is 11.5 Å². The van der Waals surface area contributed by atoms with E-state index in [1.54, 1.807) is 7.11 Å². The number of halogens is 1. The summed E-state index contributed by atoms with van der Waals surface area (Å²) in [6.45, 7) is 1.40. The molecule has 0 aliphatic heterocycles. The van der Waals surface area contributed by atoms with Crippen LogP contribution in [0.3, 0.4) is 0 Å². The van der Waals surface area contributed by atoms with Gasteiger partial charge in [-0.25, -0.2) is 0 Å². The summed E-state index contributed by atoms with van der Waals surface area (Å²) in [7, 11) is 1.71. The SMILES string of the molecule is COc1cc(CNC23CC4CC(CC(C4)C2)C3)ccc1OCc1ccc(Cl)cc1. The van der Waals surface area contributed by atoms with Gasteiger partial charge in [-0.3, -0.25) is 0 Å². The lowest BCUT2D eigenvalue weighted by atomic mass is 9.53. The van der Waals surface area contributed by atoms with E-state index in [-0.39, 0.29) is 0 Å². The van der Waals surface area contributed by atoms with Gasteiger partial charge in [-0.15, -0.1) is 0 Å². The summed E-state index contributed by atoms with van der Waals surface area (Å²) >= 11 is 5.96. The molecule has 0 amide bonds. The molecule has 2 aromatic rings. The van der Waals surface area contributed by atoms with Crippen molar-refractivity contribution < 1.29 is 9.47 Å². The molecule has 29 heavy (non-hydrogen) atoms.